The van der Waals surface area contributed by atoms with Crippen LogP contribution in [-0.4, -0.2) is 81.7 Å². The van der Waals surface area contributed by atoms with Crippen molar-refractivity contribution in [2.24, 2.45) is 5.92 Å². The zero-order chi connectivity index (χ0) is 26.9. The average molecular weight is 546 g/mol. The first-order valence-corrected chi connectivity index (χ1v) is 13.8. The number of hydrogen-bond donors (Lipinski definition) is 2. The molecule has 4 heterocycles. The molecule has 202 valence electrons. The number of nitrogens with one attached hydrogen (secondary N) is 1. The number of hydrogen-bond acceptors (Lipinski definition) is 7. The van der Waals surface area contributed by atoms with Crippen LogP contribution in [0.2, 0.25) is 5.02 Å². The fourth-order valence-corrected chi connectivity index (χ4v) is 5.60. The average Bonchev–Trinajstić information content (AvgIpc) is 3.37. The van der Waals surface area contributed by atoms with E-state index in [0.29, 0.717) is 22.4 Å². The number of nitrogens with zero attached hydrogens (tertiary/aromatic N) is 6. The van der Waals surface area contributed by atoms with Gasteiger partial charge in [-0.25, -0.2) is 9.50 Å². The van der Waals surface area contributed by atoms with E-state index >= 15 is 0 Å². The Kier molecular flexibility index (Phi) is 7.01. The quantitative estimate of drug-likeness (QED) is 0.382. The normalized spacial score (nSPS) is 17.1. The highest BCUT2D eigenvalue weighted by atomic mass is 35.5. The van der Waals surface area contributed by atoms with Crippen molar-refractivity contribution in [2.75, 3.05) is 56.5 Å². The van der Waals surface area contributed by atoms with Gasteiger partial charge in [0.2, 0.25) is 11.9 Å². The van der Waals surface area contributed by atoms with Crippen LogP contribution in [0, 0.1) is 5.92 Å². The van der Waals surface area contributed by atoms with Crippen molar-refractivity contribution in [2.45, 2.75) is 12.8 Å². The van der Waals surface area contributed by atoms with Crippen molar-refractivity contribution in [3.63, 3.8) is 0 Å². The minimum atomic E-state index is 0.0962. The highest BCUT2D eigenvalue weighted by Gasteiger charge is 2.30. The molecule has 0 aliphatic carbocycles. The third-order valence-electron chi connectivity index (χ3n) is 7.78. The summed E-state index contributed by atoms with van der Waals surface area (Å²) >= 11 is 6.00. The minimum absolute atomic E-state index is 0.0962. The van der Waals surface area contributed by atoms with Gasteiger partial charge in [-0.05, 0) is 74.5 Å². The van der Waals surface area contributed by atoms with Crippen LogP contribution in [0.3, 0.4) is 0 Å². The fraction of sp³-hybridized carbons (Fsp3) is 0.345. The molecule has 0 unspecified atom stereocenters. The van der Waals surface area contributed by atoms with Gasteiger partial charge in [0.15, 0.2) is 0 Å². The number of fused-ring (bicyclic) bond motifs is 1. The predicted molar refractivity (Wildman–Crippen MR) is 154 cm³/mol. The molecule has 2 N–H and O–H groups in total. The highest BCUT2D eigenvalue weighted by Crippen LogP contribution is 2.32. The number of phenols is 1. The number of aromatic nitrogens is 3. The number of rotatable bonds is 5. The molecular formula is C29H32ClN7O2. The molecule has 0 saturated carbocycles. The monoisotopic (exact) mass is 545 g/mol. The molecule has 1 amide bonds. The second-order valence-corrected chi connectivity index (χ2v) is 10.8. The third-order valence-corrected chi connectivity index (χ3v) is 8.02. The van der Waals surface area contributed by atoms with Gasteiger partial charge in [0, 0.05) is 67.1 Å². The van der Waals surface area contributed by atoms with Crippen LogP contribution >= 0.6 is 11.6 Å². The Morgan fingerprint density at radius 3 is 2.44 bits per heavy atom. The second-order valence-electron chi connectivity index (χ2n) is 10.4. The van der Waals surface area contributed by atoms with Gasteiger partial charge >= 0.3 is 0 Å². The molecule has 39 heavy (non-hydrogen) atoms. The van der Waals surface area contributed by atoms with Gasteiger partial charge in [0.1, 0.15) is 5.75 Å². The van der Waals surface area contributed by atoms with Crippen LogP contribution in [0.15, 0.2) is 60.8 Å². The Labute approximate surface area is 232 Å². The van der Waals surface area contributed by atoms with E-state index in [-0.39, 0.29) is 11.7 Å². The minimum Gasteiger partial charge on any atom is -0.507 e. The molecule has 0 atom stereocenters. The summed E-state index contributed by atoms with van der Waals surface area (Å²) in [5, 5.41) is 18.8. The molecule has 2 fully saturated rings. The molecule has 4 aromatic rings. The Bertz CT molecular complexity index is 1470. The van der Waals surface area contributed by atoms with E-state index < -0.39 is 0 Å². The SMILES string of the molecule is CN1CCN(C(=O)C2CCN(c3ccc(Nc4ncc5ccc(-c6ccc(Cl)cc6O)n5n4)cc3)CC2)CC1. The Hall–Kier alpha value is -3.82. The lowest BCUT2D eigenvalue weighted by Gasteiger charge is -2.38. The predicted octanol–water partition coefficient (Wildman–Crippen LogP) is 4.49. The summed E-state index contributed by atoms with van der Waals surface area (Å²) in [6.45, 7) is 5.37. The second kappa shape index (κ2) is 10.7. The summed E-state index contributed by atoms with van der Waals surface area (Å²) in [4.78, 5) is 24.1. The maximum atomic E-state index is 13.0. The molecule has 2 aromatic carbocycles. The van der Waals surface area contributed by atoms with Gasteiger partial charge in [-0.3, -0.25) is 4.79 Å². The number of carbonyl (C=O) groups excluding carboxylic acids is 1. The molecule has 0 spiro atoms. The summed E-state index contributed by atoms with van der Waals surface area (Å²) in [7, 11) is 2.11. The zero-order valence-corrected chi connectivity index (χ0v) is 22.7. The van der Waals surface area contributed by atoms with Crippen LogP contribution in [0.25, 0.3) is 16.8 Å². The highest BCUT2D eigenvalue weighted by molar-refractivity contribution is 6.30. The number of likely N-dealkylation sites (N-methyl/N-ethyl adjacent to an activating group) is 1. The number of anilines is 3. The first-order chi connectivity index (χ1) is 18.9. The van der Waals surface area contributed by atoms with Crippen LogP contribution in [0.1, 0.15) is 12.8 Å². The standard InChI is InChI=1S/C29H32ClN7O2/c1-34-14-16-36(17-15-34)28(39)20-10-12-35(13-11-20)23-5-3-22(4-6-23)32-29-31-19-24-7-9-26(37(24)33-29)25-8-2-21(30)18-27(25)38/h2-9,18-20,38H,10-17H2,1H3,(H,32,33). The summed E-state index contributed by atoms with van der Waals surface area (Å²) in [6.07, 6.45) is 3.52. The molecular weight excluding hydrogens is 514 g/mol. The molecule has 2 aliphatic rings. The van der Waals surface area contributed by atoms with Crippen molar-refractivity contribution in [1.29, 1.82) is 0 Å². The number of halogens is 1. The van der Waals surface area contributed by atoms with E-state index in [9.17, 15) is 9.90 Å². The van der Waals surface area contributed by atoms with Crippen LogP contribution in [0.5, 0.6) is 5.75 Å². The number of carbonyl (C=O) groups is 1. The van der Waals surface area contributed by atoms with E-state index in [1.165, 1.54) is 6.07 Å². The molecule has 10 heteroatoms. The molecule has 0 bridgehead atoms. The summed E-state index contributed by atoms with van der Waals surface area (Å²) in [6, 6.07) is 17.1. The number of phenolic OH excluding ortho intramolecular Hbond substituents is 1. The van der Waals surface area contributed by atoms with Crippen LogP contribution in [0.4, 0.5) is 17.3 Å². The third kappa shape index (κ3) is 5.37. The van der Waals surface area contributed by atoms with Gasteiger partial charge in [-0.15, -0.1) is 5.10 Å². The number of amides is 1. The van der Waals surface area contributed by atoms with Gasteiger partial charge in [0.05, 0.1) is 17.4 Å². The molecule has 2 aliphatic heterocycles. The van der Waals surface area contributed by atoms with E-state index in [0.717, 1.165) is 74.7 Å². The smallest absolute Gasteiger partial charge is 0.245 e. The maximum absolute atomic E-state index is 13.0. The van der Waals surface area contributed by atoms with Crippen molar-refractivity contribution < 1.29 is 9.90 Å². The van der Waals surface area contributed by atoms with Gasteiger partial charge in [-0.1, -0.05) is 11.6 Å². The van der Waals surface area contributed by atoms with Crippen LogP contribution < -0.4 is 10.2 Å². The first-order valence-electron chi connectivity index (χ1n) is 13.4. The molecule has 2 saturated heterocycles. The molecule has 6 rings (SSSR count). The number of aromatic hydroxyl groups is 1. The summed E-state index contributed by atoms with van der Waals surface area (Å²) < 4.78 is 1.75. The molecule has 0 radical (unpaired) electrons. The van der Waals surface area contributed by atoms with Crippen molar-refractivity contribution in [3.8, 4) is 17.0 Å². The molecule has 9 nitrogen and oxygen atoms in total. The summed E-state index contributed by atoms with van der Waals surface area (Å²) in [5.74, 6) is 1.01. The number of piperazine rings is 1. The lowest BCUT2D eigenvalue weighted by atomic mass is 9.94. The topological polar surface area (TPSA) is 89.2 Å². The number of benzene rings is 2. The lowest BCUT2D eigenvalue weighted by Crippen LogP contribution is -2.50. The van der Waals surface area contributed by atoms with Crippen molar-refractivity contribution in [1.82, 2.24) is 24.4 Å². The Morgan fingerprint density at radius 1 is 0.974 bits per heavy atom. The molecule has 2 aromatic heterocycles. The van der Waals surface area contributed by atoms with Gasteiger partial charge < -0.3 is 25.1 Å². The van der Waals surface area contributed by atoms with Crippen molar-refractivity contribution >= 4 is 40.3 Å². The largest absolute Gasteiger partial charge is 0.507 e. The van der Waals surface area contributed by atoms with E-state index in [1.54, 1.807) is 22.8 Å². The lowest BCUT2D eigenvalue weighted by molar-refractivity contribution is -0.137. The van der Waals surface area contributed by atoms with Gasteiger partial charge in [0.25, 0.3) is 0 Å². The van der Waals surface area contributed by atoms with Crippen molar-refractivity contribution in [3.05, 3.63) is 65.8 Å². The fourth-order valence-electron chi connectivity index (χ4n) is 5.44. The Morgan fingerprint density at radius 2 is 1.72 bits per heavy atom. The first kappa shape index (κ1) is 25.5. The Balaban J connectivity index is 1.10. The number of piperidine rings is 1. The van der Waals surface area contributed by atoms with E-state index in [4.69, 9.17) is 11.6 Å². The maximum Gasteiger partial charge on any atom is 0.245 e. The summed E-state index contributed by atoms with van der Waals surface area (Å²) in [5.41, 5.74) is 4.22. The van der Waals surface area contributed by atoms with E-state index in [1.807, 2.05) is 24.3 Å². The van der Waals surface area contributed by atoms with Gasteiger partial charge in [-0.2, -0.15) is 0 Å². The van der Waals surface area contributed by atoms with E-state index in [2.05, 4.69) is 49.3 Å². The zero-order valence-electron chi connectivity index (χ0n) is 21.9. The van der Waals surface area contributed by atoms with Crippen LogP contribution in [-0.2, 0) is 4.79 Å².